The molecular weight excluding hydrogens is 354 g/mol. The van der Waals surface area contributed by atoms with Crippen LogP contribution in [0.25, 0.3) is 23.5 Å². The summed E-state index contributed by atoms with van der Waals surface area (Å²) in [6.45, 7) is 0. The summed E-state index contributed by atoms with van der Waals surface area (Å²) in [5, 5.41) is 15.7. The zero-order valence-electron chi connectivity index (χ0n) is 13.0. The number of aromatic amines is 1. The number of benzene rings is 1. The average molecular weight is 367 g/mol. The van der Waals surface area contributed by atoms with Crippen LogP contribution in [-0.4, -0.2) is 25.3 Å². The average Bonchev–Trinajstić information content (AvgIpc) is 3.40. The van der Waals surface area contributed by atoms with Crippen molar-refractivity contribution in [1.29, 1.82) is 0 Å². The van der Waals surface area contributed by atoms with Crippen LogP contribution >= 0.6 is 23.1 Å². The molecule has 124 valence electrons. The number of thioether (sulfide) groups is 1. The smallest absolute Gasteiger partial charge is 0.237 e. The number of rotatable bonds is 6. The Labute approximate surface area is 152 Å². The van der Waals surface area contributed by atoms with E-state index in [1.165, 1.54) is 11.8 Å². The molecule has 8 heteroatoms. The molecule has 6 nitrogen and oxygen atoms in total. The summed E-state index contributed by atoms with van der Waals surface area (Å²) in [7, 11) is 0. The fourth-order valence-electron chi connectivity index (χ4n) is 2.09. The molecule has 0 spiro atoms. The van der Waals surface area contributed by atoms with Gasteiger partial charge in [0.05, 0.1) is 5.75 Å². The molecule has 0 radical (unpaired) electrons. The van der Waals surface area contributed by atoms with Crippen LogP contribution in [0, 0.1) is 0 Å². The molecule has 0 aliphatic rings. The first-order valence-electron chi connectivity index (χ1n) is 7.50. The Morgan fingerprint density at radius 2 is 2.04 bits per heavy atom. The largest absolute Gasteiger partial charge is 0.338 e. The van der Waals surface area contributed by atoms with Crippen molar-refractivity contribution in [2.45, 2.75) is 10.9 Å². The third-order valence-corrected chi connectivity index (χ3v) is 4.80. The van der Waals surface area contributed by atoms with E-state index in [-0.39, 0.29) is 0 Å². The van der Waals surface area contributed by atoms with Gasteiger partial charge in [-0.25, -0.2) is 4.98 Å². The molecule has 0 unspecified atom stereocenters. The van der Waals surface area contributed by atoms with Crippen LogP contribution in [0.2, 0.25) is 0 Å². The molecule has 0 atom stereocenters. The third-order valence-electron chi connectivity index (χ3n) is 3.29. The van der Waals surface area contributed by atoms with E-state index in [1.807, 2.05) is 59.3 Å². The number of hydrogen-bond acceptors (Lipinski definition) is 7. The molecule has 0 saturated heterocycles. The van der Waals surface area contributed by atoms with Gasteiger partial charge in [-0.2, -0.15) is 16.3 Å². The second kappa shape index (κ2) is 7.45. The monoisotopic (exact) mass is 367 g/mol. The Bertz CT molecular complexity index is 960. The lowest BCUT2D eigenvalue weighted by Crippen LogP contribution is -1.83. The highest BCUT2D eigenvalue weighted by atomic mass is 32.2. The molecule has 3 heterocycles. The van der Waals surface area contributed by atoms with Gasteiger partial charge in [-0.3, -0.25) is 5.10 Å². The van der Waals surface area contributed by atoms with Gasteiger partial charge < -0.3 is 4.52 Å². The highest BCUT2D eigenvalue weighted by Crippen LogP contribution is 2.22. The lowest BCUT2D eigenvalue weighted by Gasteiger charge is -1.90. The minimum absolute atomic E-state index is 0.525. The Balaban J connectivity index is 1.36. The zero-order valence-corrected chi connectivity index (χ0v) is 14.6. The molecule has 1 aromatic carbocycles. The standard InChI is InChI=1S/C17H13N5OS2/c1-2-4-12(5-3-1)6-7-14-18-17(21-20-14)25-11-15-19-16(22-23-15)13-8-9-24-10-13/h1-10H,11H2,(H,18,20,21)/b7-6+. The lowest BCUT2D eigenvalue weighted by atomic mass is 10.2. The fourth-order valence-corrected chi connectivity index (χ4v) is 3.36. The molecule has 4 rings (SSSR count). The summed E-state index contributed by atoms with van der Waals surface area (Å²) >= 11 is 3.05. The Morgan fingerprint density at radius 3 is 2.88 bits per heavy atom. The Hall–Kier alpha value is -2.71. The fraction of sp³-hybridized carbons (Fsp3) is 0.0588. The zero-order chi connectivity index (χ0) is 16.9. The van der Waals surface area contributed by atoms with Gasteiger partial charge in [0.2, 0.25) is 16.9 Å². The van der Waals surface area contributed by atoms with E-state index < -0.39 is 0 Å². The molecular formula is C17H13N5OS2. The predicted molar refractivity (Wildman–Crippen MR) is 98.9 cm³/mol. The van der Waals surface area contributed by atoms with Gasteiger partial charge >= 0.3 is 0 Å². The summed E-state index contributed by atoms with van der Waals surface area (Å²) in [6.07, 6.45) is 3.88. The lowest BCUT2D eigenvalue weighted by molar-refractivity contribution is 0.391. The summed E-state index contributed by atoms with van der Waals surface area (Å²) < 4.78 is 5.27. The first-order valence-corrected chi connectivity index (χ1v) is 9.43. The molecule has 0 amide bonds. The van der Waals surface area contributed by atoms with Crippen molar-refractivity contribution in [1.82, 2.24) is 25.3 Å². The number of hydrogen-bond donors (Lipinski definition) is 1. The van der Waals surface area contributed by atoms with Crippen molar-refractivity contribution in [2.75, 3.05) is 0 Å². The number of nitrogens with zero attached hydrogens (tertiary/aromatic N) is 4. The highest BCUT2D eigenvalue weighted by Gasteiger charge is 2.10. The normalized spacial score (nSPS) is 11.4. The van der Waals surface area contributed by atoms with Crippen LogP contribution in [0.3, 0.4) is 0 Å². The van der Waals surface area contributed by atoms with E-state index in [0.29, 0.717) is 28.4 Å². The quantitative estimate of drug-likeness (QED) is 0.509. The van der Waals surface area contributed by atoms with Crippen molar-refractivity contribution < 1.29 is 4.52 Å². The Kier molecular flexibility index (Phi) is 4.71. The Morgan fingerprint density at radius 1 is 1.12 bits per heavy atom. The van der Waals surface area contributed by atoms with Crippen LogP contribution in [0.15, 0.2) is 56.8 Å². The first kappa shape index (κ1) is 15.8. The van der Waals surface area contributed by atoms with E-state index in [1.54, 1.807) is 11.3 Å². The first-order chi connectivity index (χ1) is 12.4. The second-order valence-electron chi connectivity index (χ2n) is 5.06. The maximum absolute atomic E-state index is 5.27. The van der Waals surface area contributed by atoms with Gasteiger partial charge in [-0.15, -0.1) is 5.10 Å². The molecule has 4 aromatic rings. The number of H-pyrrole nitrogens is 1. The van der Waals surface area contributed by atoms with Gasteiger partial charge in [0.1, 0.15) is 5.82 Å². The molecule has 0 fully saturated rings. The molecule has 0 saturated carbocycles. The summed E-state index contributed by atoms with van der Waals surface area (Å²) in [5.74, 6) is 2.39. The molecule has 1 N–H and O–H groups in total. The number of aromatic nitrogens is 5. The molecule has 25 heavy (non-hydrogen) atoms. The van der Waals surface area contributed by atoms with E-state index in [0.717, 1.165) is 11.1 Å². The molecule has 0 aliphatic carbocycles. The van der Waals surface area contributed by atoms with Gasteiger partial charge in [-0.1, -0.05) is 53.3 Å². The van der Waals surface area contributed by atoms with E-state index in [9.17, 15) is 0 Å². The van der Waals surface area contributed by atoms with Crippen molar-refractivity contribution in [3.05, 3.63) is 64.4 Å². The second-order valence-corrected chi connectivity index (χ2v) is 6.78. The van der Waals surface area contributed by atoms with E-state index in [2.05, 4.69) is 25.3 Å². The van der Waals surface area contributed by atoms with Gasteiger partial charge in [-0.05, 0) is 23.1 Å². The number of thiophene rings is 1. The maximum Gasteiger partial charge on any atom is 0.237 e. The third kappa shape index (κ3) is 4.04. The van der Waals surface area contributed by atoms with Crippen LogP contribution in [0.1, 0.15) is 17.3 Å². The van der Waals surface area contributed by atoms with Crippen molar-refractivity contribution in [3.8, 4) is 11.4 Å². The van der Waals surface area contributed by atoms with E-state index in [4.69, 9.17) is 4.52 Å². The van der Waals surface area contributed by atoms with Crippen molar-refractivity contribution in [3.63, 3.8) is 0 Å². The SMILES string of the molecule is C(=C\c1nc(SCc2nc(-c3ccsc3)no2)n[nH]1)/c1ccccc1. The summed E-state index contributed by atoms with van der Waals surface area (Å²) in [4.78, 5) is 8.80. The molecule has 0 bridgehead atoms. The van der Waals surface area contributed by atoms with E-state index >= 15 is 0 Å². The van der Waals surface area contributed by atoms with Crippen molar-refractivity contribution in [2.24, 2.45) is 0 Å². The van der Waals surface area contributed by atoms with Crippen molar-refractivity contribution >= 4 is 35.3 Å². The predicted octanol–water partition coefficient (Wildman–Crippen LogP) is 4.38. The summed E-state index contributed by atoms with van der Waals surface area (Å²) in [5.41, 5.74) is 2.08. The van der Waals surface area contributed by atoms with Crippen LogP contribution in [0.4, 0.5) is 0 Å². The summed E-state index contributed by atoms with van der Waals surface area (Å²) in [6, 6.07) is 12.0. The highest BCUT2D eigenvalue weighted by molar-refractivity contribution is 7.98. The minimum Gasteiger partial charge on any atom is -0.338 e. The van der Waals surface area contributed by atoms with Gasteiger partial charge in [0, 0.05) is 10.9 Å². The van der Waals surface area contributed by atoms with Crippen LogP contribution in [0.5, 0.6) is 0 Å². The maximum atomic E-state index is 5.27. The van der Waals surface area contributed by atoms with Gasteiger partial charge in [0.15, 0.2) is 0 Å². The van der Waals surface area contributed by atoms with Crippen LogP contribution in [-0.2, 0) is 5.75 Å². The number of nitrogens with one attached hydrogen (secondary N) is 1. The van der Waals surface area contributed by atoms with Crippen LogP contribution < -0.4 is 0 Å². The minimum atomic E-state index is 0.525. The molecule has 0 aliphatic heterocycles. The van der Waals surface area contributed by atoms with Gasteiger partial charge in [0.25, 0.3) is 0 Å². The molecule has 3 aromatic heterocycles. The topological polar surface area (TPSA) is 80.5 Å².